The zero-order valence-corrected chi connectivity index (χ0v) is 13.8. The Hall–Kier alpha value is -1.17. The van der Waals surface area contributed by atoms with Crippen LogP contribution in [0.1, 0.15) is 50.0 Å². The summed E-state index contributed by atoms with van der Waals surface area (Å²) in [6.07, 6.45) is 3.65. The van der Waals surface area contributed by atoms with Gasteiger partial charge in [-0.1, -0.05) is 38.5 Å². The van der Waals surface area contributed by atoms with Gasteiger partial charge in [-0.05, 0) is 24.7 Å². The minimum atomic E-state index is -0.197. The van der Waals surface area contributed by atoms with E-state index in [0.717, 1.165) is 23.1 Å². The highest BCUT2D eigenvalue weighted by atomic mass is 32.1. The molecule has 1 aliphatic heterocycles. The van der Waals surface area contributed by atoms with Gasteiger partial charge < -0.3 is 9.64 Å². The lowest BCUT2D eigenvalue weighted by Gasteiger charge is -2.16. The van der Waals surface area contributed by atoms with Crippen LogP contribution in [-0.4, -0.2) is 34.3 Å². The summed E-state index contributed by atoms with van der Waals surface area (Å²) in [4.78, 5) is 14.0. The summed E-state index contributed by atoms with van der Waals surface area (Å²) in [7, 11) is 0. The Balaban J connectivity index is 1.51. The van der Waals surface area contributed by atoms with Crippen LogP contribution >= 0.6 is 11.3 Å². The van der Waals surface area contributed by atoms with Crippen LogP contribution in [0.15, 0.2) is 0 Å². The maximum absolute atomic E-state index is 12.1. The van der Waals surface area contributed by atoms with Crippen molar-refractivity contribution in [2.45, 2.75) is 52.1 Å². The molecule has 0 aromatic carbocycles. The lowest BCUT2D eigenvalue weighted by molar-refractivity contribution is 0.101. The fourth-order valence-corrected chi connectivity index (χ4v) is 4.02. The van der Waals surface area contributed by atoms with Gasteiger partial charge in [0.2, 0.25) is 0 Å². The second kappa shape index (κ2) is 5.55. The predicted octanol–water partition coefficient (Wildman–Crippen LogP) is 3.20. The zero-order chi connectivity index (χ0) is 15.0. The van der Waals surface area contributed by atoms with Crippen molar-refractivity contribution < 1.29 is 9.53 Å². The van der Waals surface area contributed by atoms with Crippen molar-refractivity contribution in [3.8, 4) is 0 Å². The maximum Gasteiger partial charge on any atom is 0.410 e. The first-order valence-electron chi connectivity index (χ1n) is 7.68. The predicted molar refractivity (Wildman–Crippen MR) is 81.2 cm³/mol. The lowest BCUT2D eigenvalue weighted by Crippen LogP contribution is -2.30. The summed E-state index contributed by atoms with van der Waals surface area (Å²) in [5.74, 6) is 1.40. The Kier molecular flexibility index (Phi) is 3.90. The first-order valence-corrected chi connectivity index (χ1v) is 8.49. The van der Waals surface area contributed by atoms with Gasteiger partial charge in [-0.3, -0.25) is 0 Å². The molecule has 1 aromatic rings. The molecule has 0 N–H and O–H groups in total. The number of ether oxygens (including phenoxy) is 1. The number of hydrogen-bond donors (Lipinski definition) is 0. The summed E-state index contributed by atoms with van der Waals surface area (Å²) in [6.45, 7) is 8.28. The molecule has 1 saturated heterocycles. The van der Waals surface area contributed by atoms with Crippen LogP contribution in [0.4, 0.5) is 4.79 Å². The van der Waals surface area contributed by atoms with Gasteiger partial charge in [-0.25, -0.2) is 4.79 Å². The van der Waals surface area contributed by atoms with Gasteiger partial charge in [0.25, 0.3) is 0 Å². The molecule has 2 aliphatic rings. The highest BCUT2D eigenvalue weighted by Crippen LogP contribution is 2.37. The molecule has 21 heavy (non-hydrogen) atoms. The third kappa shape index (κ3) is 3.20. The van der Waals surface area contributed by atoms with Crippen LogP contribution in [0.5, 0.6) is 0 Å². The van der Waals surface area contributed by atoms with Gasteiger partial charge in [0.15, 0.2) is 5.01 Å². The second-order valence-electron chi connectivity index (χ2n) is 7.16. The standard InChI is InChI=1S/C15H23N3O2S/c1-15(2,3)13-17-16-12(21-13)9-20-14(19)18-7-10-5-4-6-11(10)8-18/h10-11H,4-9H2,1-3H3. The molecule has 116 valence electrons. The molecule has 1 amide bonds. The fourth-order valence-electron chi connectivity index (χ4n) is 3.21. The van der Waals surface area contributed by atoms with Gasteiger partial charge in [0.05, 0.1) is 0 Å². The largest absolute Gasteiger partial charge is 0.442 e. The molecule has 3 rings (SSSR count). The first kappa shape index (κ1) is 14.8. The van der Waals surface area contributed by atoms with Crippen LogP contribution in [0, 0.1) is 11.8 Å². The topological polar surface area (TPSA) is 55.3 Å². The van der Waals surface area contributed by atoms with Crippen LogP contribution in [0.25, 0.3) is 0 Å². The van der Waals surface area contributed by atoms with Gasteiger partial charge in [0.1, 0.15) is 11.6 Å². The van der Waals surface area contributed by atoms with E-state index < -0.39 is 0 Å². The van der Waals surface area contributed by atoms with E-state index in [-0.39, 0.29) is 18.1 Å². The van der Waals surface area contributed by atoms with Crippen LogP contribution in [0.2, 0.25) is 0 Å². The van der Waals surface area contributed by atoms with E-state index in [1.54, 1.807) is 0 Å². The number of amides is 1. The first-order chi connectivity index (χ1) is 9.93. The molecule has 1 aromatic heterocycles. The SMILES string of the molecule is CC(C)(C)c1nnc(COC(=O)N2CC3CCCC3C2)s1. The minimum absolute atomic E-state index is 0.00762. The number of carbonyl (C=O) groups excluding carboxylic acids is 1. The average Bonchev–Trinajstić information content (AvgIpc) is 3.09. The van der Waals surface area contributed by atoms with Crippen LogP contribution in [0.3, 0.4) is 0 Å². The normalized spacial score (nSPS) is 25.2. The van der Waals surface area contributed by atoms with Crippen molar-refractivity contribution in [1.82, 2.24) is 15.1 Å². The number of nitrogens with zero attached hydrogens (tertiary/aromatic N) is 3. The second-order valence-corrected chi connectivity index (χ2v) is 8.22. The van der Waals surface area contributed by atoms with Crippen LogP contribution < -0.4 is 0 Å². The summed E-state index contributed by atoms with van der Waals surface area (Å²) in [6, 6.07) is 0. The Morgan fingerprint density at radius 2 is 1.95 bits per heavy atom. The molecular formula is C15H23N3O2S. The van der Waals surface area contributed by atoms with E-state index in [2.05, 4.69) is 31.0 Å². The van der Waals surface area contributed by atoms with Gasteiger partial charge in [-0.2, -0.15) is 0 Å². The Bertz CT molecular complexity index is 511. The molecule has 2 heterocycles. The summed E-state index contributed by atoms with van der Waals surface area (Å²) in [5.41, 5.74) is -0.00762. The van der Waals surface area contributed by atoms with Crippen molar-refractivity contribution in [1.29, 1.82) is 0 Å². The molecule has 6 heteroatoms. The third-order valence-corrected chi connectivity index (χ3v) is 5.73. The van der Waals surface area contributed by atoms with E-state index in [0.29, 0.717) is 11.8 Å². The van der Waals surface area contributed by atoms with Crippen molar-refractivity contribution in [3.63, 3.8) is 0 Å². The Labute approximate surface area is 129 Å². The molecule has 5 nitrogen and oxygen atoms in total. The number of fused-ring (bicyclic) bond motifs is 1. The quantitative estimate of drug-likeness (QED) is 0.842. The molecule has 2 atom stereocenters. The van der Waals surface area contributed by atoms with E-state index in [9.17, 15) is 4.79 Å². The van der Waals surface area contributed by atoms with Gasteiger partial charge in [0, 0.05) is 18.5 Å². The molecule has 2 fully saturated rings. The number of carbonyl (C=O) groups is 1. The van der Waals surface area contributed by atoms with E-state index in [1.165, 1.54) is 30.6 Å². The smallest absolute Gasteiger partial charge is 0.410 e. The van der Waals surface area contributed by atoms with E-state index in [1.807, 2.05) is 4.90 Å². The summed E-state index contributed by atoms with van der Waals surface area (Å²) in [5, 5.41) is 10.0. The lowest BCUT2D eigenvalue weighted by atomic mass is 9.98. The minimum Gasteiger partial charge on any atom is -0.442 e. The highest BCUT2D eigenvalue weighted by molar-refractivity contribution is 7.11. The van der Waals surface area contributed by atoms with Crippen LogP contribution in [-0.2, 0) is 16.8 Å². The Morgan fingerprint density at radius 3 is 2.52 bits per heavy atom. The monoisotopic (exact) mass is 309 g/mol. The zero-order valence-electron chi connectivity index (χ0n) is 13.0. The maximum atomic E-state index is 12.1. The van der Waals surface area contributed by atoms with Crippen molar-refractivity contribution in [2.24, 2.45) is 11.8 Å². The summed E-state index contributed by atoms with van der Waals surface area (Å²) < 4.78 is 5.40. The van der Waals surface area contributed by atoms with E-state index in [4.69, 9.17) is 4.74 Å². The van der Waals surface area contributed by atoms with E-state index >= 15 is 0 Å². The van der Waals surface area contributed by atoms with Crippen molar-refractivity contribution >= 4 is 17.4 Å². The average molecular weight is 309 g/mol. The fraction of sp³-hybridized carbons (Fsp3) is 0.800. The third-order valence-electron chi connectivity index (χ3n) is 4.41. The number of hydrogen-bond acceptors (Lipinski definition) is 5. The highest BCUT2D eigenvalue weighted by Gasteiger charge is 2.38. The molecule has 1 aliphatic carbocycles. The molecular weight excluding hydrogens is 286 g/mol. The Morgan fingerprint density at radius 1 is 1.29 bits per heavy atom. The van der Waals surface area contributed by atoms with Crippen molar-refractivity contribution in [3.05, 3.63) is 10.0 Å². The number of aromatic nitrogens is 2. The van der Waals surface area contributed by atoms with Gasteiger partial charge >= 0.3 is 6.09 Å². The molecule has 1 saturated carbocycles. The molecule has 0 bridgehead atoms. The number of rotatable bonds is 2. The van der Waals surface area contributed by atoms with Gasteiger partial charge in [-0.15, -0.1) is 10.2 Å². The molecule has 0 radical (unpaired) electrons. The summed E-state index contributed by atoms with van der Waals surface area (Å²) >= 11 is 1.52. The number of likely N-dealkylation sites (tertiary alicyclic amines) is 1. The molecule has 2 unspecified atom stereocenters. The van der Waals surface area contributed by atoms with Crippen molar-refractivity contribution in [2.75, 3.05) is 13.1 Å². The molecule has 0 spiro atoms.